The highest BCUT2D eigenvalue weighted by Gasteiger charge is 2.12. The summed E-state index contributed by atoms with van der Waals surface area (Å²) < 4.78 is 16.0. The monoisotopic (exact) mass is 290 g/mol. The second-order valence-corrected chi connectivity index (χ2v) is 4.03. The van der Waals surface area contributed by atoms with Gasteiger partial charge in [-0.2, -0.15) is 0 Å². The molecule has 2 rings (SSSR count). The van der Waals surface area contributed by atoms with Crippen LogP contribution >= 0.6 is 0 Å². The van der Waals surface area contributed by atoms with Crippen molar-refractivity contribution in [3.8, 4) is 17.2 Å². The number of benzene rings is 1. The summed E-state index contributed by atoms with van der Waals surface area (Å²) in [5, 5.41) is 10.6. The summed E-state index contributed by atoms with van der Waals surface area (Å²) in [4.78, 5) is 14.3. The fourth-order valence-corrected chi connectivity index (χ4v) is 1.77. The van der Waals surface area contributed by atoms with Gasteiger partial charge in [-0.15, -0.1) is 0 Å². The van der Waals surface area contributed by atoms with Crippen molar-refractivity contribution in [2.75, 3.05) is 14.2 Å². The molecule has 0 saturated carbocycles. The van der Waals surface area contributed by atoms with Crippen LogP contribution in [0.3, 0.4) is 0 Å². The van der Waals surface area contributed by atoms with Crippen LogP contribution in [-0.4, -0.2) is 24.1 Å². The predicted molar refractivity (Wildman–Crippen MR) is 74.8 cm³/mol. The van der Waals surface area contributed by atoms with Gasteiger partial charge in [0, 0.05) is 24.4 Å². The van der Waals surface area contributed by atoms with E-state index in [1.165, 1.54) is 31.4 Å². The first kappa shape index (κ1) is 14.6. The molecule has 2 aromatic rings. The Morgan fingerprint density at radius 2 is 1.86 bits per heavy atom. The SMILES string of the molecule is COc1ccnc(COc2ccc([N+](=O)[O-])cc2)c1OC. The zero-order valence-corrected chi connectivity index (χ0v) is 11.6. The molecule has 0 unspecified atom stereocenters. The summed E-state index contributed by atoms with van der Waals surface area (Å²) in [6.07, 6.45) is 1.59. The minimum atomic E-state index is -0.462. The van der Waals surface area contributed by atoms with Gasteiger partial charge in [0.2, 0.25) is 0 Å². The van der Waals surface area contributed by atoms with Gasteiger partial charge in [-0.25, -0.2) is 0 Å². The molecule has 21 heavy (non-hydrogen) atoms. The number of non-ortho nitro benzene ring substituents is 1. The third kappa shape index (κ3) is 3.38. The molecular formula is C14H14N2O5. The van der Waals surface area contributed by atoms with Crippen LogP contribution in [0.4, 0.5) is 5.69 Å². The Labute approximate surface area is 121 Å². The Morgan fingerprint density at radius 1 is 1.14 bits per heavy atom. The van der Waals surface area contributed by atoms with Gasteiger partial charge in [0.15, 0.2) is 11.5 Å². The lowest BCUT2D eigenvalue weighted by Crippen LogP contribution is -2.03. The fourth-order valence-electron chi connectivity index (χ4n) is 1.77. The lowest BCUT2D eigenvalue weighted by Gasteiger charge is -2.12. The Balaban J connectivity index is 2.11. The molecule has 0 aliphatic heterocycles. The molecule has 0 atom stereocenters. The van der Waals surface area contributed by atoms with Crippen molar-refractivity contribution in [2.24, 2.45) is 0 Å². The number of aromatic nitrogens is 1. The number of nitro benzene ring substituents is 1. The number of hydrogen-bond acceptors (Lipinski definition) is 6. The molecule has 0 radical (unpaired) electrons. The molecule has 110 valence electrons. The van der Waals surface area contributed by atoms with Crippen LogP contribution in [0, 0.1) is 10.1 Å². The number of methoxy groups -OCH3 is 2. The minimum Gasteiger partial charge on any atom is -0.493 e. The predicted octanol–water partition coefficient (Wildman–Crippen LogP) is 2.59. The molecule has 7 heteroatoms. The highest BCUT2D eigenvalue weighted by atomic mass is 16.6. The van der Waals surface area contributed by atoms with E-state index in [4.69, 9.17) is 14.2 Å². The van der Waals surface area contributed by atoms with Gasteiger partial charge in [0.25, 0.3) is 5.69 Å². The molecule has 1 aromatic carbocycles. The molecule has 0 N–H and O–H groups in total. The maximum Gasteiger partial charge on any atom is 0.269 e. The van der Waals surface area contributed by atoms with E-state index in [2.05, 4.69) is 4.98 Å². The molecule has 0 saturated heterocycles. The molecule has 0 spiro atoms. The van der Waals surface area contributed by atoms with Gasteiger partial charge in [0.1, 0.15) is 18.1 Å². The highest BCUT2D eigenvalue weighted by Crippen LogP contribution is 2.29. The van der Waals surface area contributed by atoms with Gasteiger partial charge in [-0.3, -0.25) is 15.1 Å². The van der Waals surface area contributed by atoms with Crippen LogP contribution in [0.15, 0.2) is 36.5 Å². The first-order chi connectivity index (χ1) is 10.2. The molecule has 0 bridgehead atoms. The topological polar surface area (TPSA) is 83.7 Å². The van der Waals surface area contributed by atoms with Gasteiger partial charge in [-0.05, 0) is 12.1 Å². The standard InChI is InChI=1S/C14H14N2O5/c1-19-13-7-8-15-12(14(13)20-2)9-21-11-5-3-10(4-6-11)16(17)18/h3-8H,9H2,1-2H3. The number of rotatable bonds is 6. The molecule has 0 aliphatic rings. The molecule has 1 heterocycles. The maximum atomic E-state index is 10.6. The van der Waals surface area contributed by atoms with Gasteiger partial charge < -0.3 is 14.2 Å². The summed E-state index contributed by atoms with van der Waals surface area (Å²) in [5.41, 5.74) is 0.592. The van der Waals surface area contributed by atoms with E-state index in [1.807, 2.05) is 0 Å². The first-order valence-electron chi connectivity index (χ1n) is 6.09. The minimum absolute atomic E-state index is 0.0134. The van der Waals surface area contributed by atoms with Crippen molar-refractivity contribution < 1.29 is 19.1 Å². The molecule has 0 amide bonds. The largest absolute Gasteiger partial charge is 0.493 e. The van der Waals surface area contributed by atoms with E-state index < -0.39 is 4.92 Å². The fraction of sp³-hybridized carbons (Fsp3) is 0.214. The Hall–Kier alpha value is -2.83. The van der Waals surface area contributed by atoms with Crippen molar-refractivity contribution in [3.63, 3.8) is 0 Å². The number of pyridine rings is 1. The quantitative estimate of drug-likeness (QED) is 0.600. The third-order valence-electron chi connectivity index (χ3n) is 2.79. The lowest BCUT2D eigenvalue weighted by atomic mass is 10.3. The van der Waals surface area contributed by atoms with Crippen LogP contribution in [0.2, 0.25) is 0 Å². The van der Waals surface area contributed by atoms with Crippen molar-refractivity contribution in [3.05, 3.63) is 52.3 Å². The zero-order valence-electron chi connectivity index (χ0n) is 11.6. The number of nitro groups is 1. The Kier molecular flexibility index (Phi) is 4.55. The van der Waals surface area contributed by atoms with E-state index in [-0.39, 0.29) is 12.3 Å². The molecule has 1 aromatic heterocycles. The van der Waals surface area contributed by atoms with Crippen LogP contribution < -0.4 is 14.2 Å². The first-order valence-corrected chi connectivity index (χ1v) is 6.09. The van der Waals surface area contributed by atoms with Crippen LogP contribution in [0.25, 0.3) is 0 Å². The summed E-state index contributed by atoms with van der Waals surface area (Å²) in [7, 11) is 3.06. The van der Waals surface area contributed by atoms with Crippen LogP contribution in [0.5, 0.6) is 17.2 Å². The molecule has 7 nitrogen and oxygen atoms in total. The van der Waals surface area contributed by atoms with Gasteiger partial charge >= 0.3 is 0 Å². The van der Waals surface area contributed by atoms with E-state index >= 15 is 0 Å². The molecule has 0 fully saturated rings. The van der Waals surface area contributed by atoms with Crippen LogP contribution in [0.1, 0.15) is 5.69 Å². The second kappa shape index (κ2) is 6.56. The zero-order chi connectivity index (χ0) is 15.2. The smallest absolute Gasteiger partial charge is 0.269 e. The highest BCUT2D eigenvalue weighted by molar-refractivity contribution is 5.42. The Bertz CT molecular complexity index is 628. The van der Waals surface area contributed by atoms with Crippen LogP contribution in [-0.2, 0) is 6.61 Å². The molecular weight excluding hydrogens is 276 g/mol. The summed E-state index contributed by atoms with van der Waals surface area (Å²) >= 11 is 0. The van der Waals surface area contributed by atoms with Gasteiger partial charge in [0.05, 0.1) is 19.1 Å². The van der Waals surface area contributed by atoms with Gasteiger partial charge in [-0.1, -0.05) is 0 Å². The van der Waals surface area contributed by atoms with E-state index in [0.29, 0.717) is 22.9 Å². The lowest BCUT2D eigenvalue weighted by molar-refractivity contribution is -0.384. The number of nitrogens with zero attached hydrogens (tertiary/aromatic N) is 2. The molecule has 0 aliphatic carbocycles. The van der Waals surface area contributed by atoms with Crippen molar-refractivity contribution >= 4 is 5.69 Å². The summed E-state index contributed by atoms with van der Waals surface area (Å²) in [6, 6.07) is 7.51. The summed E-state index contributed by atoms with van der Waals surface area (Å²) in [5.74, 6) is 1.57. The third-order valence-corrected chi connectivity index (χ3v) is 2.79. The van der Waals surface area contributed by atoms with Crippen molar-refractivity contribution in [1.82, 2.24) is 4.98 Å². The normalized spacial score (nSPS) is 10.0. The van der Waals surface area contributed by atoms with Crippen molar-refractivity contribution in [1.29, 1.82) is 0 Å². The number of ether oxygens (including phenoxy) is 3. The average Bonchev–Trinajstić information content (AvgIpc) is 2.52. The van der Waals surface area contributed by atoms with E-state index in [9.17, 15) is 10.1 Å². The maximum absolute atomic E-state index is 10.6. The average molecular weight is 290 g/mol. The van der Waals surface area contributed by atoms with Crippen molar-refractivity contribution in [2.45, 2.75) is 6.61 Å². The van der Waals surface area contributed by atoms with E-state index in [0.717, 1.165) is 0 Å². The van der Waals surface area contributed by atoms with E-state index in [1.54, 1.807) is 19.4 Å². The second-order valence-electron chi connectivity index (χ2n) is 4.03. The number of hydrogen-bond donors (Lipinski definition) is 0. The Morgan fingerprint density at radius 3 is 2.43 bits per heavy atom. The summed E-state index contributed by atoms with van der Waals surface area (Å²) in [6.45, 7) is 0.165.